The number of amides is 1. The zero-order chi connectivity index (χ0) is 13.4. The third-order valence-corrected chi connectivity index (χ3v) is 2.71. The van der Waals surface area contributed by atoms with Gasteiger partial charge in [0.25, 0.3) is 5.91 Å². The molecule has 1 amide bonds. The first-order valence-corrected chi connectivity index (χ1v) is 5.39. The van der Waals surface area contributed by atoms with Gasteiger partial charge in [-0.15, -0.1) is 0 Å². The molecular weight excluding hydrogens is 252 g/mol. The van der Waals surface area contributed by atoms with Gasteiger partial charge in [-0.1, -0.05) is 0 Å². The Balaban J connectivity index is 2.16. The van der Waals surface area contributed by atoms with E-state index in [1.54, 1.807) is 12.1 Å². The van der Waals surface area contributed by atoms with Crippen LogP contribution in [-0.2, 0) is 0 Å². The van der Waals surface area contributed by atoms with Crippen LogP contribution in [0.15, 0.2) is 12.1 Å². The molecule has 98 valence electrons. The van der Waals surface area contributed by atoms with Crippen molar-refractivity contribution in [3.63, 3.8) is 0 Å². The van der Waals surface area contributed by atoms with Crippen LogP contribution >= 0.6 is 0 Å². The summed E-state index contributed by atoms with van der Waals surface area (Å²) in [7, 11) is 1.51. The van der Waals surface area contributed by atoms with Crippen LogP contribution < -0.4 is 19.9 Å². The molecule has 0 spiro atoms. The van der Waals surface area contributed by atoms with Crippen molar-refractivity contribution in [1.82, 2.24) is 15.4 Å². The van der Waals surface area contributed by atoms with E-state index in [4.69, 9.17) is 19.9 Å². The van der Waals surface area contributed by atoms with E-state index in [1.165, 1.54) is 7.11 Å². The summed E-state index contributed by atoms with van der Waals surface area (Å²) in [6.07, 6.45) is 0. The number of aromatic nitrogens is 3. The van der Waals surface area contributed by atoms with Crippen LogP contribution in [0.3, 0.4) is 0 Å². The molecular formula is C11H10N4O4. The normalized spacial score (nSPS) is 12.5. The van der Waals surface area contributed by atoms with Crippen LogP contribution in [0, 0.1) is 0 Å². The number of carbonyl (C=O) groups is 1. The minimum absolute atomic E-state index is 0.0564. The Labute approximate surface area is 107 Å². The lowest BCUT2D eigenvalue weighted by atomic mass is 10.1. The second kappa shape index (κ2) is 4.16. The van der Waals surface area contributed by atoms with Gasteiger partial charge >= 0.3 is 0 Å². The summed E-state index contributed by atoms with van der Waals surface area (Å²) >= 11 is 0. The smallest absolute Gasteiger partial charge is 0.271 e. The molecule has 0 aliphatic carbocycles. The third kappa shape index (κ3) is 1.73. The Bertz CT molecular complexity index is 652. The molecule has 1 aromatic carbocycles. The molecule has 0 unspecified atom stereocenters. The number of ether oxygens (including phenoxy) is 3. The molecule has 1 aliphatic rings. The fourth-order valence-electron chi connectivity index (χ4n) is 1.87. The van der Waals surface area contributed by atoms with Gasteiger partial charge in [-0.2, -0.15) is 15.4 Å². The van der Waals surface area contributed by atoms with Crippen LogP contribution in [0.2, 0.25) is 0 Å². The lowest BCUT2D eigenvalue weighted by molar-refractivity contribution is 0.0996. The number of methoxy groups -OCH3 is 1. The maximum atomic E-state index is 11.3. The van der Waals surface area contributed by atoms with Gasteiger partial charge < -0.3 is 19.9 Å². The van der Waals surface area contributed by atoms with Crippen molar-refractivity contribution >= 4 is 5.91 Å². The summed E-state index contributed by atoms with van der Waals surface area (Å²) in [6.45, 7) is 0.122. The van der Waals surface area contributed by atoms with Crippen molar-refractivity contribution in [3.8, 4) is 28.5 Å². The third-order valence-electron chi connectivity index (χ3n) is 2.71. The first-order chi connectivity index (χ1) is 9.20. The van der Waals surface area contributed by atoms with E-state index in [-0.39, 0.29) is 12.5 Å². The highest BCUT2D eigenvalue weighted by molar-refractivity contribution is 5.97. The number of nitrogens with two attached hydrogens (primary N) is 1. The van der Waals surface area contributed by atoms with E-state index >= 15 is 0 Å². The van der Waals surface area contributed by atoms with E-state index in [1.807, 2.05) is 0 Å². The predicted molar refractivity (Wildman–Crippen MR) is 63.0 cm³/mol. The number of carbonyl (C=O) groups excluding carboxylic acids is 1. The maximum Gasteiger partial charge on any atom is 0.271 e. The van der Waals surface area contributed by atoms with Crippen molar-refractivity contribution in [2.24, 2.45) is 5.73 Å². The molecule has 3 rings (SSSR count). The van der Waals surface area contributed by atoms with Crippen LogP contribution in [0.25, 0.3) is 11.3 Å². The van der Waals surface area contributed by atoms with Crippen molar-refractivity contribution in [3.05, 3.63) is 17.8 Å². The molecule has 0 fully saturated rings. The van der Waals surface area contributed by atoms with Gasteiger partial charge in [0.05, 0.1) is 7.11 Å². The van der Waals surface area contributed by atoms with Crippen molar-refractivity contribution in [1.29, 1.82) is 0 Å². The number of hydrogen-bond acceptors (Lipinski definition) is 6. The quantitative estimate of drug-likeness (QED) is 0.823. The minimum Gasteiger partial charge on any atom is -0.493 e. The second-order valence-electron chi connectivity index (χ2n) is 3.80. The van der Waals surface area contributed by atoms with Crippen LogP contribution in [0.1, 0.15) is 10.5 Å². The molecule has 0 saturated carbocycles. The molecule has 2 aromatic rings. The molecule has 8 nitrogen and oxygen atoms in total. The monoisotopic (exact) mass is 262 g/mol. The number of fused-ring (bicyclic) bond motifs is 1. The number of nitrogens with zero attached hydrogens (tertiary/aromatic N) is 2. The molecule has 8 heteroatoms. The van der Waals surface area contributed by atoms with Gasteiger partial charge in [-0.25, -0.2) is 0 Å². The lowest BCUT2D eigenvalue weighted by Crippen LogP contribution is -2.12. The van der Waals surface area contributed by atoms with Gasteiger partial charge in [0.15, 0.2) is 17.2 Å². The van der Waals surface area contributed by atoms with Gasteiger partial charge in [0.2, 0.25) is 12.5 Å². The SMILES string of the molecule is COc1cc(-c2n[nH]nc2C(N)=O)cc2c1OCO2. The summed E-state index contributed by atoms with van der Waals surface area (Å²) in [4.78, 5) is 11.3. The largest absolute Gasteiger partial charge is 0.493 e. The highest BCUT2D eigenvalue weighted by Gasteiger charge is 2.23. The predicted octanol–water partition coefficient (Wildman–Crippen LogP) is 0.308. The van der Waals surface area contributed by atoms with Crippen molar-refractivity contribution < 1.29 is 19.0 Å². The molecule has 2 heterocycles. The standard InChI is InChI=1S/C11H10N4O4/c1-17-6-2-5(3-7-10(6)19-4-18-7)8-9(11(12)16)14-15-13-8/h2-3H,4H2,1H3,(H2,12,16)(H,13,14,15). The van der Waals surface area contributed by atoms with Crippen LogP contribution in [0.4, 0.5) is 0 Å². The van der Waals surface area contributed by atoms with Crippen molar-refractivity contribution in [2.45, 2.75) is 0 Å². The van der Waals surface area contributed by atoms with E-state index in [9.17, 15) is 4.79 Å². The fraction of sp³-hybridized carbons (Fsp3) is 0.182. The Kier molecular flexibility index (Phi) is 2.48. The van der Waals surface area contributed by atoms with Gasteiger partial charge in [0, 0.05) is 5.56 Å². The fourth-order valence-corrected chi connectivity index (χ4v) is 1.87. The highest BCUT2D eigenvalue weighted by atomic mass is 16.7. The summed E-state index contributed by atoms with van der Waals surface area (Å²) < 4.78 is 15.8. The summed E-state index contributed by atoms with van der Waals surface area (Å²) in [5, 5.41) is 10.0. The second-order valence-corrected chi connectivity index (χ2v) is 3.80. The number of benzene rings is 1. The first-order valence-electron chi connectivity index (χ1n) is 5.39. The Morgan fingerprint density at radius 1 is 1.42 bits per heavy atom. The van der Waals surface area contributed by atoms with Gasteiger partial charge in [-0.05, 0) is 12.1 Å². The number of primary amides is 1. The average Bonchev–Trinajstić information content (AvgIpc) is 3.05. The number of rotatable bonds is 3. The maximum absolute atomic E-state index is 11.3. The summed E-state index contributed by atoms with van der Waals surface area (Å²) in [5.41, 5.74) is 6.23. The highest BCUT2D eigenvalue weighted by Crippen LogP contribution is 2.44. The van der Waals surface area contributed by atoms with E-state index < -0.39 is 5.91 Å². The number of hydrogen-bond donors (Lipinski definition) is 2. The zero-order valence-electron chi connectivity index (χ0n) is 9.97. The van der Waals surface area contributed by atoms with Crippen LogP contribution in [-0.4, -0.2) is 35.2 Å². The topological polar surface area (TPSA) is 112 Å². The van der Waals surface area contributed by atoms with Crippen molar-refractivity contribution in [2.75, 3.05) is 13.9 Å². The molecule has 3 N–H and O–H groups in total. The average molecular weight is 262 g/mol. The molecule has 1 aliphatic heterocycles. The molecule has 0 radical (unpaired) electrons. The van der Waals surface area contributed by atoms with Gasteiger partial charge in [0.1, 0.15) is 5.69 Å². The Morgan fingerprint density at radius 2 is 2.26 bits per heavy atom. The molecule has 19 heavy (non-hydrogen) atoms. The Morgan fingerprint density at radius 3 is 3.00 bits per heavy atom. The summed E-state index contributed by atoms with van der Waals surface area (Å²) in [6, 6.07) is 3.37. The number of nitrogens with one attached hydrogen (secondary N) is 1. The van der Waals surface area contributed by atoms with Crippen LogP contribution in [0.5, 0.6) is 17.2 Å². The van der Waals surface area contributed by atoms with Gasteiger partial charge in [-0.3, -0.25) is 4.79 Å². The van der Waals surface area contributed by atoms with E-state index in [0.29, 0.717) is 28.5 Å². The first kappa shape index (κ1) is 11.3. The minimum atomic E-state index is -0.666. The zero-order valence-corrected chi connectivity index (χ0v) is 9.97. The number of aromatic amines is 1. The summed E-state index contributed by atoms with van der Waals surface area (Å²) in [5.74, 6) is 0.868. The lowest BCUT2D eigenvalue weighted by Gasteiger charge is -2.07. The molecule has 0 saturated heterocycles. The molecule has 0 atom stereocenters. The Hall–Kier alpha value is -2.77. The number of H-pyrrole nitrogens is 1. The van der Waals surface area contributed by atoms with E-state index in [2.05, 4.69) is 15.4 Å². The molecule has 0 bridgehead atoms. The molecule has 1 aromatic heterocycles. The van der Waals surface area contributed by atoms with E-state index in [0.717, 1.165) is 0 Å².